The SMILES string of the molecule is CCc1cccc(-c2cc(C(N)=O)c3[nH]c4cc(C=O)ccc4c3n2)c1. The molecule has 0 spiro atoms. The average Bonchev–Trinajstić information content (AvgIpc) is 3.04. The molecule has 4 rings (SSSR count). The van der Waals surface area contributed by atoms with E-state index in [1.54, 1.807) is 18.2 Å². The molecule has 5 heteroatoms. The monoisotopic (exact) mass is 343 g/mol. The Morgan fingerprint density at radius 3 is 2.77 bits per heavy atom. The maximum Gasteiger partial charge on any atom is 0.250 e. The number of aromatic amines is 1. The minimum Gasteiger partial charge on any atom is -0.366 e. The first-order valence-electron chi connectivity index (χ1n) is 8.41. The lowest BCUT2D eigenvalue weighted by atomic mass is 10.0. The van der Waals surface area contributed by atoms with Crippen molar-refractivity contribution in [2.24, 2.45) is 5.73 Å². The van der Waals surface area contributed by atoms with Crippen LogP contribution >= 0.6 is 0 Å². The molecule has 1 amide bonds. The number of hydrogen-bond donors (Lipinski definition) is 2. The molecule has 5 nitrogen and oxygen atoms in total. The van der Waals surface area contributed by atoms with E-state index in [4.69, 9.17) is 10.7 Å². The van der Waals surface area contributed by atoms with Crippen LogP contribution in [0.1, 0.15) is 33.2 Å². The van der Waals surface area contributed by atoms with Crippen LogP contribution in [0.25, 0.3) is 33.2 Å². The number of benzene rings is 2. The molecule has 0 saturated carbocycles. The van der Waals surface area contributed by atoms with E-state index in [0.717, 1.165) is 29.2 Å². The molecule has 3 N–H and O–H groups in total. The van der Waals surface area contributed by atoms with Gasteiger partial charge in [0.25, 0.3) is 5.91 Å². The maximum atomic E-state index is 12.0. The second-order valence-electron chi connectivity index (χ2n) is 6.24. The molecule has 0 saturated heterocycles. The number of carbonyl (C=O) groups excluding carboxylic acids is 2. The first kappa shape index (κ1) is 16.0. The molecule has 0 aliphatic rings. The van der Waals surface area contributed by atoms with Crippen LogP contribution in [0.15, 0.2) is 48.5 Å². The first-order valence-corrected chi connectivity index (χ1v) is 8.41. The highest BCUT2D eigenvalue weighted by atomic mass is 16.1. The van der Waals surface area contributed by atoms with E-state index in [1.807, 2.05) is 18.2 Å². The third kappa shape index (κ3) is 2.54. The number of nitrogens with two attached hydrogens (primary N) is 1. The summed E-state index contributed by atoms with van der Waals surface area (Å²) in [6, 6.07) is 15.1. The van der Waals surface area contributed by atoms with Crippen molar-refractivity contribution in [2.75, 3.05) is 0 Å². The molecule has 4 aromatic rings. The Hall–Kier alpha value is -3.47. The summed E-state index contributed by atoms with van der Waals surface area (Å²) in [7, 11) is 0. The molecule has 2 aromatic heterocycles. The van der Waals surface area contributed by atoms with E-state index in [1.165, 1.54) is 5.56 Å². The van der Waals surface area contributed by atoms with Crippen LogP contribution in [0, 0.1) is 0 Å². The lowest BCUT2D eigenvalue weighted by Crippen LogP contribution is -2.12. The average molecular weight is 343 g/mol. The fourth-order valence-corrected chi connectivity index (χ4v) is 3.24. The summed E-state index contributed by atoms with van der Waals surface area (Å²) in [6.07, 6.45) is 1.70. The van der Waals surface area contributed by atoms with Gasteiger partial charge in [0.05, 0.1) is 22.3 Å². The highest BCUT2D eigenvalue weighted by molar-refractivity contribution is 6.14. The predicted molar refractivity (Wildman–Crippen MR) is 102 cm³/mol. The van der Waals surface area contributed by atoms with Gasteiger partial charge in [-0.15, -0.1) is 0 Å². The lowest BCUT2D eigenvalue weighted by Gasteiger charge is -2.06. The number of amides is 1. The Bertz CT molecular complexity index is 1170. The van der Waals surface area contributed by atoms with Crippen LogP contribution in [0.5, 0.6) is 0 Å². The summed E-state index contributed by atoms with van der Waals surface area (Å²) in [5.41, 5.74) is 11.4. The van der Waals surface area contributed by atoms with E-state index in [9.17, 15) is 9.59 Å². The Balaban J connectivity index is 2.04. The van der Waals surface area contributed by atoms with Crippen molar-refractivity contribution in [3.05, 3.63) is 65.2 Å². The zero-order chi connectivity index (χ0) is 18.3. The van der Waals surface area contributed by atoms with E-state index in [0.29, 0.717) is 27.9 Å². The van der Waals surface area contributed by atoms with Crippen molar-refractivity contribution in [1.29, 1.82) is 0 Å². The van der Waals surface area contributed by atoms with Gasteiger partial charge in [-0.25, -0.2) is 4.98 Å². The summed E-state index contributed by atoms with van der Waals surface area (Å²) in [5.74, 6) is -0.521. The number of aromatic nitrogens is 2. The van der Waals surface area contributed by atoms with Crippen LogP contribution in [0.4, 0.5) is 0 Å². The standard InChI is InChI=1S/C21H17N3O2/c1-2-12-4-3-5-14(8-12)17-10-16(21(22)26)20-19(23-17)15-7-6-13(11-25)9-18(15)24-20/h3-11,24H,2H2,1H3,(H2,22,26). The third-order valence-electron chi connectivity index (χ3n) is 4.61. The van der Waals surface area contributed by atoms with Crippen molar-refractivity contribution in [2.45, 2.75) is 13.3 Å². The number of pyridine rings is 1. The summed E-state index contributed by atoms with van der Waals surface area (Å²) in [6.45, 7) is 2.09. The molecule has 0 aliphatic carbocycles. The largest absolute Gasteiger partial charge is 0.366 e. The number of carbonyl (C=O) groups is 2. The highest BCUT2D eigenvalue weighted by Crippen LogP contribution is 2.30. The second kappa shape index (κ2) is 6.11. The minimum absolute atomic E-state index is 0.385. The van der Waals surface area contributed by atoms with Crippen molar-refractivity contribution in [3.8, 4) is 11.3 Å². The molecule has 128 valence electrons. The second-order valence-corrected chi connectivity index (χ2v) is 6.24. The number of aryl methyl sites for hydroxylation is 1. The van der Waals surface area contributed by atoms with Gasteiger partial charge in [0.15, 0.2) is 0 Å². The van der Waals surface area contributed by atoms with Gasteiger partial charge < -0.3 is 10.7 Å². The third-order valence-corrected chi connectivity index (χ3v) is 4.61. The zero-order valence-corrected chi connectivity index (χ0v) is 14.2. The van der Waals surface area contributed by atoms with Crippen LogP contribution in [-0.2, 0) is 6.42 Å². The van der Waals surface area contributed by atoms with E-state index >= 15 is 0 Å². The minimum atomic E-state index is -0.521. The van der Waals surface area contributed by atoms with Gasteiger partial charge in [0, 0.05) is 22.0 Å². The molecule has 0 fully saturated rings. The van der Waals surface area contributed by atoms with E-state index in [2.05, 4.69) is 24.0 Å². The van der Waals surface area contributed by atoms with Crippen molar-refractivity contribution in [3.63, 3.8) is 0 Å². The Morgan fingerprint density at radius 2 is 2.04 bits per heavy atom. The molecule has 0 bridgehead atoms. The van der Waals surface area contributed by atoms with Gasteiger partial charge in [0.2, 0.25) is 0 Å². The normalized spacial score (nSPS) is 11.1. The first-order chi connectivity index (χ1) is 12.6. The number of nitrogens with zero attached hydrogens (tertiary/aromatic N) is 1. The maximum absolute atomic E-state index is 12.0. The van der Waals surface area contributed by atoms with Crippen molar-refractivity contribution < 1.29 is 9.59 Å². The number of rotatable bonds is 4. The molecule has 2 aromatic carbocycles. The van der Waals surface area contributed by atoms with Crippen LogP contribution in [0.3, 0.4) is 0 Å². The van der Waals surface area contributed by atoms with Gasteiger partial charge in [-0.3, -0.25) is 9.59 Å². The van der Waals surface area contributed by atoms with E-state index in [-0.39, 0.29) is 0 Å². The fourth-order valence-electron chi connectivity index (χ4n) is 3.24. The molecule has 26 heavy (non-hydrogen) atoms. The number of fused-ring (bicyclic) bond motifs is 3. The lowest BCUT2D eigenvalue weighted by molar-refractivity contribution is 0.100. The van der Waals surface area contributed by atoms with Crippen LogP contribution < -0.4 is 5.73 Å². The summed E-state index contributed by atoms with van der Waals surface area (Å²) >= 11 is 0. The number of primary amides is 1. The van der Waals surface area contributed by atoms with Crippen LogP contribution in [-0.4, -0.2) is 22.2 Å². The molecule has 0 aliphatic heterocycles. The number of nitrogens with one attached hydrogen (secondary N) is 1. The highest BCUT2D eigenvalue weighted by Gasteiger charge is 2.16. The molecular weight excluding hydrogens is 326 g/mol. The predicted octanol–water partition coefficient (Wildman–Crippen LogP) is 3.86. The Kier molecular flexibility index (Phi) is 3.77. The summed E-state index contributed by atoms with van der Waals surface area (Å²) < 4.78 is 0. The molecule has 0 unspecified atom stereocenters. The smallest absolute Gasteiger partial charge is 0.250 e. The van der Waals surface area contributed by atoms with E-state index < -0.39 is 5.91 Å². The zero-order valence-electron chi connectivity index (χ0n) is 14.2. The van der Waals surface area contributed by atoms with Gasteiger partial charge in [-0.2, -0.15) is 0 Å². The molecule has 0 atom stereocenters. The Labute approximate surface area is 149 Å². The summed E-state index contributed by atoms with van der Waals surface area (Å²) in [5, 5.41) is 0.849. The fraction of sp³-hybridized carbons (Fsp3) is 0.0952. The van der Waals surface area contributed by atoms with Gasteiger partial charge in [-0.1, -0.05) is 31.2 Å². The number of H-pyrrole nitrogens is 1. The van der Waals surface area contributed by atoms with Crippen molar-refractivity contribution in [1.82, 2.24) is 9.97 Å². The van der Waals surface area contributed by atoms with Gasteiger partial charge in [-0.05, 0) is 36.2 Å². The van der Waals surface area contributed by atoms with Crippen molar-refractivity contribution >= 4 is 34.1 Å². The molecular formula is C21H17N3O2. The van der Waals surface area contributed by atoms with Crippen LogP contribution in [0.2, 0.25) is 0 Å². The number of hydrogen-bond acceptors (Lipinski definition) is 3. The quantitative estimate of drug-likeness (QED) is 0.551. The topological polar surface area (TPSA) is 88.8 Å². The van der Waals surface area contributed by atoms with Gasteiger partial charge in [0.1, 0.15) is 6.29 Å². The van der Waals surface area contributed by atoms with Gasteiger partial charge >= 0.3 is 0 Å². The summed E-state index contributed by atoms with van der Waals surface area (Å²) in [4.78, 5) is 31.0. The Morgan fingerprint density at radius 1 is 1.19 bits per heavy atom. The molecule has 0 radical (unpaired) electrons. The number of aldehydes is 1. The molecule has 2 heterocycles.